The van der Waals surface area contributed by atoms with Crippen molar-refractivity contribution in [3.63, 3.8) is 0 Å². The summed E-state index contributed by atoms with van der Waals surface area (Å²) in [6.07, 6.45) is 2.60. The molecule has 46 heavy (non-hydrogen) atoms. The molecule has 3 amide bonds. The van der Waals surface area contributed by atoms with Gasteiger partial charge in [0.25, 0.3) is 0 Å². The number of hydrogen-bond donors (Lipinski definition) is 3. The summed E-state index contributed by atoms with van der Waals surface area (Å²) in [6.45, 7) is 8.55. The van der Waals surface area contributed by atoms with Gasteiger partial charge >= 0.3 is 6.03 Å². The van der Waals surface area contributed by atoms with Crippen LogP contribution in [0.1, 0.15) is 74.1 Å². The molecule has 10 heteroatoms. The molecule has 3 N–H and O–H groups in total. The highest BCUT2D eigenvalue weighted by Crippen LogP contribution is 2.28. The summed E-state index contributed by atoms with van der Waals surface area (Å²) in [5.41, 5.74) is 4.39. The van der Waals surface area contributed by atoms with E-state index in [1.165, 1.54) is 23.3 Å². The van der Waals surface area contributed by atoms with Crippen LogP contribution in [0.15, 0.2) is 36.4 Å². The van der Waals surface area contributed by atoms with Gasteiger partial charge in [0, 0.05) is 12.3 Å². The number of amides is 3. The molecule has 0 aliphatic carbocycles. The molecule has 10 nitrogen and oxygen atoms in total. The van der Waals surface area contributed by atoms with Gasteiger partial charge in [0.05, 0.1) is 31.9 Å². The summed E-state index contributed by atoms with van der Waals surface area (Å²) in [4.78, 5) is 29.5. The molecule has 5 unspecified atom stereocenters. The fourth-order valence-corrected chi connectivity index (χ4v) is 6.06. The van der Waals surface area contributed by atoms with Gasteiger partial charge in [-0.2, -0.15) is 0 Å². The number of aliphatic hydroxyl groups is 3. The molecule has 0 bridgehead atoms. The predicted octanol–water partition coefficient (Wildman–Crippen LogP) is 4.68. The Balaban J connectivity index is 1.32. The fraction of sp³-hybridized carbons (Fsp3) is 0.611. The number of unbranched alkanes of at least 4 members (excludes halogenated alkanes) is 2. The van der Waals surface area contributed by atoms with Crippen LogP contribution in [0.4, 0.5) is 4.79 Å². The normalized spacial score (nSPS) is 21.2. The maximum Gasteiger partial charge on any atom is 0.328 e. The maximum absolute atomic E-state index is 13.7. The first-order valence-electron chi connectivity index (χ1n) is 16.7. The highest BCUT2D eigenvalue weighted by atomic mass is 16.6. The Morgan fingerprint density at radius 3 is 2.17 bits per heavy atom. The average Bonchev–Trinajstić information content (AvgIpc) is 3.83. The van der Waals surface area contributed by atoms with E-state index in [0.29, 0.717) is 31.6 Å². The van der Waals surface area contributed by atoms with Gasteiger partial charge in [0.1, 0.15) is 37.0 Å². The van der Waals surface area contributed by atoms with E-state index in [-0.39, 0.29) is 38.8 Å². The fourth-order valence-electron chi connectivity index (χ4n) is 6.06. The number of carbonyl (C=O) groups is 2. The third-order valence-electron chi connectivity index (χ3n) is 8.49. The third-order valence-corrected chi connectivity index (χ3v) is 8.49. The summed E-state index contributed by atoms with van der Waals surface area (Å²) in [5.74, 6) is 0.229. The Hall–Kier alpha value is -3.18. The van der Waals surface area contributed by atoms with Crippen molar-refractivity contribution in [1.82, 2.24) is 9.80 Å². The summed E-state index contributed by atoms with van der Waals surface area (Å²) < 4.78 is 17.0. The largest absolute Gasteiger partial charge is 0.491 e. The van der Waals surface area contributed by atoms with Crippen LogP contribution >= 0.6 is 0 Å². The zero-order valence-electron chi connectivity index (χ0n) is 27.8. The smallest absolute Gasteiger partial charge is 0.328 e. The number of hydrogen-bond acceptors (Lipinski definition) is 8. The molecule has 0 saturated carbocycles. The first kappa shape index (κ1) is 35.7. The summed E-state index contributed by atoms with van der Waals surface area (Å²) in [6, 6.07) is 11.3. The number of urea groups is 1. The molecule has 2 aromatic rings. The number of nitrogens with zero attached hydrogens (tertiary/aromatic N) is 2. The second kappa shape index (κ2) is 17.1. The second-order valence-corrected chi connectivity index (χ2v) is 13.0. The van der Waals surface area contributed by atoms with Crippen LogP contribution in [0.3, 0.4) is 0 Å². The Bertz CT molecular complexity index is 1280. The van der Waals surface area contributed by atoms with Gasteiger partial charge in [0.15, 0.2) is 0 Å². The van der Waals surface area contributed by atoms with E-state index < -0.39 is 36.3 Å². The predicted molar refractivity (Wildman–Crippen MR) is 175 cm³/mol. The SMILES string of the molecule is CCCCCc1cc(C)cc(OCC(O)CCCC2CC(O)N(CC3CO3)C(=O)N(CC(O)COc3cc(C)cc(C)c3)C2=O)c1. The van der Waals surface area contributed by atoms with Gasteiger partial charge in [-0.15, -0.1) is 0 Å². The van der Waals surface area contributed by atoms with Crippen LogP contribution in [0.2, 0.25) is 0 Å². The van der Waals surface area contributed by atoms with E-state index in [2.05, 4.69) is 13.0 Å². The van der Waals surface area contributed by atoms with Crippen molar-refractivity contribution in [2.75, 3.05) is 32.9 Å². The molecular formula is C36H52N2O8. The van der Waals surface area contributed by atoms with Crippen molar-refractivity contribution >= 4 is 11.9 Å². The first-order valence-corrected chi connectivity index (χ1v) is 16.7. The molecule has 2 aliphatic heterocycles. The number of aliphatic hydroxyl groups excluding tert-OH is 3. The van der Waals surface area contributed by atoms with Crippen molar-refractivity contribution in [2.24, 2.45) is 5.92 Å². The van der Waals surface area contributed by atoms with Gasteiger partial charge in [-0.3, -0.25) is 14.6 Å². The number of benzene rings is 2. The Labute approximate surface area is 273 Å². The summed E-state index contributed by atoms with van der Waals surface area (Å²) in [5, 5.41) is 32.5. The maximum atomic E-state index is 13.7. The van der Waals surface area contributed by atoms with Crippen LogP contribution in [-0.2, 0) is 16.0 Å². The molecule has 2 saturated heterocycles. The van der Waals surface area contributed by atoms with Crippen molar-refractivity contribution in [2.45, 2.75) is 104 Å². The molecule has 0 spiro atoms. The van der Waals surface area contributed by atoms with Gasteiger partial charge in [-0.1, -0.05) is 31.9 Å². The monoisotopic (exact) mass is 640 g/mol. The number of ether oxygens (including phenoxy) is 3. The quantitative estimate of drug-likeness (QED) is 0.158. The lowest BCUT2D eigenvalue weighted by Crippen LogP contribution is -2.51. The van der Waals surface area contributed by atoms with E-state index in [9.17, 15) is 24.9 Å². The van der Waals surface area contributed by atoms with Gasteiger partial charge in [-0.25, -0.2) is 4.79 Å². The topological polar surface area (TPSA) is 132 Å². The van der Waals surface area contributed by atoms with Gasteiger partial charge < -0.3 is 29.5 Å². The van der Waals surface area contributed by atoms with Crippen molar-refractivity contribution in [1.29, 1.82) is 0 Å². The molecular weight excluding hydrogens is 588 g/mol. The van der Waals surface area contributed by atoms with E-state index in [4.69, 9.17) is 14.2 Å². The zero-order valence-corrected chi connectivity index (χ0v) is 27.8. The molecule has 5 atom stereocenters. The molecule has 0 aromatic heterocycles. The van der Waals surface area contributed by atoms with Crippen molar-refractivity contribution in [3.05, 3.63) is 58.7 Å². The van der Waals surface area contributed by atoms with Crippen LogP contribution < -0.4 is 9.47 Å². The van der Waals surface area contributed by atoms with E-state index in [1.807, 2.05) is 51.1 Å². The minimum absolute atomic E-state index is 0.0691. The molecule has 2 aromatic carbocycles. The van der Waals surface area contributed by atoms with Crippen LogP contribution in [0.5, 0.6) is 11.5 Å². The van der Waals surface area contributed by atoms with Crippen LogP contribution in [-0.4, -0.2) is 94.5 Å². The molecule has 0 radical (unpaired) electrons. The number of imide groups is 1. The zero-order chi connectivity index (χ0) is 33.2. The highest BCUT2D eigenvalue weighted by Gasteiger charge is 2.42. The Kier molecular flexibility index (Phi) is 13.3. The number of β-amino-alcohol motifs (C(OH)–C–C–N with tert-alkyl or cyclic N) is 1. The Morgan fingerprint density at radius 1 is 0.891 bits per heavy atom. The van der Waals surface area contributed by atoms with Crippen LogP contribution in [0, 0.1) is 26.7 Å². The van der Waals surface area contributed by atoms with Crippen LogP contribution in [0.25, 0.3) is 0 Å². The van der Waals surface area contributed by atoms with Crippen molar-refractivity contribution in [3.8, 4) is 11.5 Å². The minimum Gasteiger partial charge on any atom is -0.491 e. The highest BCUT2D eigenvalue weighted by molar-refractivity contribution is 5.96. The lowest BCUT2D eigenvalue weighted by atomic mass is 9.95. The number of rotatable bonds is 18. The standard InChI is InChI=1S/C36H52N2O8/c1-5-6-7-9-27-13-26(4)16-32(17-27)44-21-29(39)11-8-10-28-18-34(41)37(20-33-23-46-33)36(43)38(35(28)42)19-30(40)22-45-31-14-24(2)12-25(3)15-31/h12-17,28-30,33-34,39-41H,5-11,18-23H2,1-4H3. The summed E-state index contributed by atoms with van der Waals surface area (Å²) >= 11 is 0. The Morgan fingerprint density at radius 2 is 1.52 bits per heavy atom. The third kappa shape index (κ3) is 11.0. The first-order chi connectivity index (χ1) is 22.0. The van der Waals surface area contributed by atoms with E-state index in [1.54, 1.807) is 0 Å². The van der Waals surface area contributed by atoms with E-state index in [0.717, 1.165) is 40.2 Å². The number of aryl methyl sites for hydroxylation is 4. The van der Waals surface area contributed by atoms with Gasteiger partial charge in [0.2, 0.25) is 5.91 Å². The van der Waals surface area contributed by atoms with E-state index >= 15 is 0 Å². The van der Waals surface area contributed by atoms with Crippen molar-refractivity contribution < 1.29 is 39.1 Å². The molecule has 4 rings (SSSR count). The molecule has 254 valence electrons. The lowest BCUT2D eigenvalue weighted by molar-refractivity contribution is -0.134. The summed E-state index contributed by atoms with van der Waals surface area (Å²) in [7, 11) is 0. The van der Waals surface area contributed by atoms with Gasteiger partial charge in [-0.05, 0) is 99.4 Å². The molecule has 2 fully saturated rings. The minimum atomic E-state index is -1.17. The number of epoxide rings is 1. The lowest BCUT2D eigenvalue weighted by Gasteiger charge is -2.29. The second-order valence-electron chi connectivity index (χ2n) is 13.0. The number of carbonyl (C=O) groups excluding carboxylic acids is 2. The average molecular weight is 641 g/mol. The molecule has 2 aliphatic rings. The molecule has 2 heterocycles.